The van der Waals surface area contributed by atoms with Gasteiger partial charge in [0.2, 0.25) is 11.2 Å². The van der Waals surface area contributed by atoms with Crippen molar-refractivity contribution in [1.82, 2.24) is 30.2 Å². The molecule has 1 fully saturated rings. The molecule has 8 nitrogen and oxygen atoms in total. The van der Waals surface area contributed by atoms with Crippen molar-refractivity contribution < 1.29 is 9.18 Å². The molecule has 0 spiro atoms. The van der Waals surface area contributed by atoms with Crippen molar-refractivity contribution >= 4 is 45.4 Å². The predicted molar refractivity (Wildman–Crippen MR) is 117 cm³/mol. The molecule has 3 N–H and O–H groups in total. The summed E-state index contributed by atoms with van der Waals surface area (Å²) >= 11 is 6.06. The number of H-pyrrole nitrogens is 2. The van der Waals surface area contributed by atoms with Gasteiger partial charge in [-0.05, 0) is 54.6 Å². The molecule has 1 saturated heterocycles. The molecule has 1 atom stereocenters. The monoisotopic (exact) mass is 441 g/mol. The van der Waals surface area contributed by atoms with Crippen molar-refractivity contribution in [2.45, 2.75) is 19.3 Å². The highest BCUT2D eigenvalue weighted by Crippen LogP contribution is 2.27. The number of aromatic nitrogens is 5. The second kappa shape index (κ2) is 8.14. The summed E-state index contributed by atoms with van der Waals surface area (Å²) in [5.41, 5.74) is 3.10. The van der Waals surface area contributed by atoms with Gasteiger partial charge >= 0.3 is 0 Å². The smallest absolute Gasteiger partial charge is 0.226 e. The fourth-order valence-corrected chi connectivity index (χ4v) is 4.39. The lowest BCUT2D eigenvalue weighted by Crippen LogP contribution is -2.44. The van der Waals surface area contributed by atoms with Gasteiger partial charge in [0.25, 0.3) is 0 Å². The number of anilines is 1. The number of nitrogens with zero attached hydrogens (tertiary/aromatic N) is 4. The zero-order valence-electron chi connectivity index (χ0n) is 16.7. The lowest BCUT2D eigenvalue weighted by atomic mass is 9.97. The number of amides is 1. The number of carbonyl (C=O) groups is 1. The van der Waals surface area contributed by atoms with Crippen LogP contribution >= 0.6 is 11.6 Å². The van der Waals surface area contributed by atoms with E-state index in [9.17, 15) is 9.18 Å². The third-order valence-electron chi connectivity index (χ3n) is 5.75. The number of halogens is 2. The molecule has 1 aliphatic rings. The highest BCUT2D eigenvalue weighted by Gasteiger charge is 2.28. The normalized spacial score (nSPS) is 16.8. The summed E-state index contributed by atoms with van der Waals surface area (Å²) in [6, 6.07) is 4.67. The van der Waals surface area contributed by atoms with Crippen molar-refractivity contribution in [2.24, 2.45) is 5.92 Å². The Labute approximate surface area is 182 Å². The average Bonchev–Trinajstić information content (AvgIpc) is 3.40. The number of carbonyl (C=O) groups excluding carboxylic acids is 1. The molecule has 5 rings (SSSR count). The first-order valence-corrected chi connectivity index (χ1v) is 10.6. The van der Waals surface area contributed by atoms with Gasteiger partial charge in [-0.2, -0.15) is 9.97 Å². The molecule has 3 aromatic heterocycles. The van der Waals surface area contributed by atoms with Crippen LogP contribution in [-0.4, -0.2) is 50.5 Å². The van der Waals surface area contributed by atoms with Crippen LogP contribution in [0.1, 0.15) is 18.4 Å². The molecule has 10 heteroatoms. The van der Waals surface area contributed by atoms with Crippen LogP contribution in [0, 0.1) is 11.7 Å². The minimum Gasteiger partial charge on any atom is -0.361 e. The second-order valence-corrected chi connectivity index (χ2v) is 8.09. The maximum atomic E-state index is 13.6. The fourth-order valence-electron chi connectivity index (χ4n) is 4.23. The van der Waals surface area contributed by atoms with Gasteiger partial charge in [0.15, 0.2) is 11.5 Å². The number of nitrogens with one attached hydrogen (secondary N) is 3. The van der Waals surface area contributed by atoms with E-state index in [-0.39, 0.29) is 22.9 Å². The molecule has 1 aromatic carbocycles. The highest BCUT2D eigenvalue weighted by molar-refractivity contribution is 6.28. The zero-order valence-corrected chi connectivity index (χ0v) is 17.4. The van der Waals surface area contributed by atoms with E-state index in [1.54, 1.807) is 12.4 Å². The Balaban J connectivity index is 1.23. The molecule has 0 saturated carbocycles. The number of fused-ring (bicyclic) bond motifs is 2. The Morgan fingerprint density at radius 3 is 3.13 bits per heavy atom. The minimum absolute atomic E-state index is 0.0109. The number of piperidine rings is 1. The lowest BCUT2D eigenvalue weighted by molar-refractivity contribution is -0.125. The van der Waals surface area contributed by atoms with Crippen LogP contribution in [0.15, 0.2) is 30.7 Å². The largest absolute Gasteiger partial charge is 0.361 e. The molecule has 31 heavy (non-hydrogen) atoms. The molecular formula is C21H21ClFN7O. The number of hydrogen-bond donors (Lipinski definition) is 3. The summed E-state index contributed by atoms with van der Waals surface area (Å²) in [6.07, 6.45) is 5.74. The van der Waals surface area contributed by atoms with Gasteiger partial charge in [-0.25, -0.2) is 9.37 Å². The van der Waals surface area contributed by atoms with Crippen LogP contribution in [0.2, 0.25) is 5.28 Å². The van der Waals surface area contributed by atoms with Gasteiger partial charge in [-0.15, -0.1) is 0 Å². The second-order valence-electron chi connectivity index (χ2n) is 7.75. The van der Waals surface area contributed by atoms with Crippen molar-refractivity contribution in [3.8, 4) is 0 Å². The first-order chi connectivity index (χ1) is 15.1. The minimum atomic E-state index is -0.268. The maximum absolute atomic E-state index is 13.6. The van der Waals surface area contributed by atoms with Crippen LogP contribution in [0.3, 0.4) is 0 Å². The van der Waals surface area contributed by atoms with Crippen LogP contribution in [0.4, 0.5) is 10.2 Å². The van der Waals surface area contributed by atoms with E-state index in [2.05, 4.69) is 35.1 Å². The first-order valence-electron chi connectivity index (χ1n) is 10.2. The van der Waals surface area contributed by atoms with Crippen LogP contribution in [0.5, 0.6) is 0 Å². The van der Waals surface area contributed by atoms with Gasteiger partial charge in [0.1, 0.15) is 11.3 Å². The summed E-state index contributed by atoms with van der Waals surface area (Å²) in [4.78, 5) is 33.7. The van der Waals surface area contributed by atoms with Gasteiger partial charge in [0, 0.05) is 36.7 Å². The number of benzene rings is 1. The molecule has 4 heterocycles. The highest BCUT2D eigenvalue weighted by atomic mass is 35.5. The number of aromatic amines is 2. The molecule has 160 valence electrons. The standard InChI is InChI=1S/C21H21ClFN7O/c22-21-28-18-17(26-11-27-18)19(29-21)30-7-1-2-13(10-30)20(31)24-6-5-12-9-25-16-4-3-14(23)8-15(12)16/h3-4,8-9,11,13,25H,1-2,5-7,10H2,(H,24,31)(H,26,27,28,29)/t13-/m1/s1. The molecule has 0 radical (unpaired) electrons. The third kappa shape index (κ3) is 3.93. The summed E-state index contributed by atoms with van der Waals surface area (Å²) in [7, 11) is 0. The Kier molecular flexibility index (Phi) is 5.19. The van der Waals surface area contributed by atoms with Crippen molar-refractivity contribution in [2.75, 3.05) is 24.5 Å². The van der Waals surface area contributed by atoms with Crippen molar-refractivity contribution in [3.05, 3.63) is 47.4 Å². The van der Waals surface area contributed by atoms with E-state index in [0.29, 0.717) is 31.0 Å². The lowest BCUT2D eigenvalue weighted by Gasteiger charge is -2.33. The number of imidazole rings is 1. The number of rotatable bonds is 5. The first kappa shape index (κ1) is 19.7. The summed E-state index contributed by atoms with van der Waals surface area (Å²) < 4.78 is 13.6. The predicted octanol–water partition coefficient (Wildman–Crippen LogP) is 3.20. The van der Waals surface area contributed by atoms with Crippen molar-refractivity contribution in [1.29, 1.82) is 0 Å². The van der Waals surface area contributed by atoms with Gasteiger partial charge in [0.05, 0.1) is 12.2 Å². The SMILES string of the molecule is O=C(NCCc1c[nH]c2ccc(F)cc12)[C@@H]1CCCN(c2nc(Cl)nc3nc[nH]c23)C1. The topological polar surface area (TPSA) is 103 Å². The van der Waals surface area contributed by atoms with E-state index < -0.39 is 0 Å². The molecule has 4 aromatic rings. The van der Waals surface area contributed by atoms with E-state index in [1.807, 2.05) is 6.20 Å². The summed E-state index contributed by atoms with van der Waals surface area (Å²) in [5.74, 6) is 0.263. The summed E-state index contributed by atoms with van der Waals surface area (Å²) in [6.45, 7) is 1.82. The third-order valence-corrected chi connectivity index (χ3v) is 5.92. The van der Waals surface area contributed by atoms with Gasteiger partial charge in [-0.1, -0.05) is 0 Å². The molecule has 1 amide bonds. The van der Waals surface area contributed by atoms with Crippen LogP contribution in [0.25, 0.3) is 22.1 Å². The Morgan fingerprint density at radius 2 is 2.23 bits per heavy atom. The average molecular weight is 442 g/mol. The zero-order chi connectivity index (χ0) is 21.4. The Hall–Kier alpha value is -3.20. The number of hydrogen-bond acceptors (Lipinski definition) is 5. The van der Waals surface area contributed by atoms with E-state index in [4.69, 9.17) is 11.6 Å². The van der Waals surface area contributed by atoms with Crippen LogP contribution in [-0.2, 0) is 11.2 Å². The van der Waals surface area contributed by atoms with Gasteiger partial charge in [-0.3, -0.25) is 4.79 Å². The summed E-state index contributed by atoms with van der Waals surface area (Å²) in [5, 5.41) is 4.02. The molecule has 0 bridgehead atoms. The van der Waals surface area contributed by atoms with Crippen molar-refractivity contribution in [3.63, 3.8) is 0 Å². The van der Waals surface area contributed by atoms with E-state index >= 15 is 0 Å². The molecule has 0 unspecified atom stereocenters. The quantitative estimate of drug-likeness (QED) is 0.413. The molecule has 0 aliphatic carbocycles. The van der Waals surface area contributed by atoms with E-state index in [1.165, 1.54) is 12.1 Å². The maximum Gasteiger partial charge on any atom is 0.226 e. The Bertz CT molecular complexity index is 1250. The molecule has 1 aliphatic heterocycles. The van der Waals surface area contributed by atoms with Crippen LogP contribution < -0.4 is 10.2 Å². The fraction of sp³-hybridized carbons (Fsp3) is 0.333. The van der Waals surface area contributed by atoms with E-state index in [0.717, 1.165) is 41.4 Å². The molecular weight excluding hydrogens is 421 g/mol. The Morgan fingerprint density at radius 1 is 1.32 bits per heavy atom. The van der Waals surface area contributed by atoms with Gasteiger partial charge < -0.3 is 20.2 Å².